The van der Waals surface area contributed by atoms with Crippen molar-refractivity contribution in [3.05, 3.63) is 48.0 Å². The highest BCUT2D eigenvalue weighted by Crippen LogP contribution is 2.27. The predicted octanol–water partition coefficient (Wildman–Crippen LogP) is 2.69. The Morgan fingerprint density at radius 3 is 2.83 bits per heavy atom. The average Bonchev–Trinajstić information content (AvgIpc) is 3.09. The zero-order valence-corrected chi connectivity index (χ0v) is 13.6. The predicted molar refractivity (Wildman–Crippen MR) is 90.9 cm³/mol. The molecule has 0 aliphatic rings. The van der Waals surface area contributed by atoms with Gasteiger partial charge in [-0.15, -0.1) is 5.10 Å². The van der Waals surface area contributed by atoms with Gasteiger partial charge in [0.05, 0.1) is 7.11 Å². The number of rotatable bonds is 6. The number of phenolic OH excluding ortho intramolecular Hbond substituents is 1. The molecular formula is C17H19N5O2. The van der Waals surface area contributed by atoms with E-state index < -0.39 is 0 Å². The quantitative estimate of drug-likeness (QED) is 0.725. The number of ether oxygens (including phenoxy) is 1. The minimum Gasteiger partial charge on any atom is -0.504 e. The van der Waals surface area contributed by atoms with Gasteiger partial charge in [-0.25, -0.2) is 4.68 Å². The third kappa shape index (κ3) is 3.29. The van der Waals surface area contributed by atoms with Crippen LogP contribution in [-0.2, 0) is 13.1 Å². The third-order valence-corrected chi connectivity index (χ3v) is 3.69. The maximum atomic E-state index is 9.84. The second-order valence-electron chi connectivity index (χ2n) is 5.26. The Bertz CT molecular complexity index is 831. The van der Waals surface area contributed by atoms with Crippen LogP contribution in [0, 0.1) is 0 Å². The van der Waals surface area contributed by atoms with Gasteiger partial charge in [0.15, 0.2) is 17.3 Å². The third-order valence-electron chi connectivity index (χ3n) is 3.69. The Hall–Kier alpha value is -3.09. The topological polar surface area (TPSA) is 85.1 Å². The summed E-state index contributed by atoms with van der Waals surface area (Å²) < 4.78 is 6.80. The number of hydrogen-bond acceptors (Lipinski definition) is 6. The SMILES string of the molecule is CCn1nnnc1-c1cccc(NCc2ccc(OC)c(O)c2)c1. The van der Waals surface area contributed by atoms with Gasteiger partial charge < -0.3 is 15.2 Å². The molecular weight excluding hydrogens is 306 g/mol. The van der Waals surface area contributed by atoms with E-state index in [9.17, 15) is 5.11 Å². The van der Waals surface area contributed by atoms with Crippen molar-refractivity contribution in [2.45, 2.75) is 20.0 Å². The lowest BCUT2D eigenvalue weighted by Crippen LogP contribution is -2.02. The highest BCUT2D eigenvalue weighted by molar-refractivity contribution is 5.62. The lowest BCUT2D eigenvalue weighted by atomic mass is 10.1. The zero-order valence-electron chi connectivity index (χ0n) is 13.6. The molecule has 0 aliphatic heterocycles. The number of phenols is 1. The van der Waals surface area contributed by atoms with Gasteiger partial charge in [-0.1, -0.05) is 18.2 Å². The van der Waals surface area contributed by atoms with Crippen molar-refractivity contribution in [1.29, 1.82) is 0 Å². The van der Waals surface area contributed by atoms with Gasteiger partial charge >= 0.3 is 0 Å². The number of nitrogens with zero attached hydrogens (tertiary/aromatic N) is 4. The summed E-state index contributed by atoms with van der Waals surface area (Å²) in [6.07, 6.45) is 0. The smallest absolute Gasteiger partial charge is 0.182 e. The van der Waals surface area contributed by atoms with Crippen LogP contribution in [0.4, 0.5) is 5.69 Å². The number of aryl methyl sites for hydroxylation is 1. The van der Waals surface area contributed by atoms with Gasteiger partial charge in [0.1, 0.15) is 0 Å². The largest absolute Gasteiger partial charge is 0.504 e. The van der Waals surface area contributed by atoms with Gasteiger partial charge in [-0.05, 0) is 47.2 Å². The molecule has 124 valence electrons. The second-order valence-corrected chi connectivity index (χ2v) is 5.26. The summed E-state index contributed by atoms with van der Waals surface area (Å²) in [6, 6.07) is 13.3. The van der Waals surface area contributed by atoms with Crippen molar-refractivity contribution in [2.75, 3.05) is 12.4 Å². The molecule has 0 radical (unpaired) electrons. The van der Waals surface area contributed by atoms with E-state index in [0.29, 0.717) is 18.8 Å². The Morgan fingerprint density at radius 1 is 1.21 bits per heavy atom. The van der Waals surface area contributed by atoms with Crippen LogP contribution in [0.2, 0.25) is 0 Å². The fraction of sp³-hybridized carbons (Fsp3) is 0.235. The second kappa shape index (κ2) is 6.99. The molecule has 0 saturated carbocycles. The molecule has 0 saturated heterocycles. The van der Waals surface area contributed by atoms with Crippen LogP contribution in [0.5, 0.6) is 11.5 Å². The Morgan fingerprint density at radius 2 is 2.08 bits per heavy atom. The molecule has 1 aromatic heterocycles. The first-order valence-corrected chi connectivity index (χ1v) is 7.67. The monoisotopic (exact) mass is 325 g/mol. The first-order valence-electron chi connectivity index (χ1n) is 7.67. The summed E-state index contributed by atoms with van der Waals surface area (Å²) in [7, 11) is 1.53. The Balaban J connectivity index is 1.74. The normalized spacial score (nSPS) is 10.6. The van der Waals surface area contributed by atoms with E-state index in [4.69, 9.17) is 4.74 Å². The highest BCUT2D eigenvalue weighted by Gasteiger charge is 2.08. The summed E-state index contributed by atoms with van der Waals surface area (Å²) >= 11 is 0. The van der Waals surface area contributed by atoms with Crippen molar-refractivity contribution in [3.8, 4) is 22.9 Å². The van der Waals surface area contributed by atoms with Crippen molar-refractivity contribution < 1.29 is 9.84 Å². The molecule has 0 unspecified atom stereocenters. The van der Waals surface area contributed by atoms with Crippen LogP contribution >= 0.6 is 0 Å². The van der Waals surface area contributed by atoms with E-state index in [1.54, 1.807) is 16.8 Å². The lowest BCUT2D eigenvalue weighted by molar-refractivity contribution is 0.373. The molecule has 0 fully saturated rings. The van der Waals surface area contributed by atoms with E-state index in [2.05, 4.69) is 20.8 Å². The van der Waals surface area contributed by atoms with Crippen LogP contribution in [0.3, 0.4) is 0 Å². The van der Waals surface area contributed by atoms with E-state index in [1.165, 1.54) is 7.11 Å². The van der Waals surface area contributed by atoms with Crippen LogP contribution in [-0.4, -0.2) is 32.4 Å². The number of aromatic nitrogens is 4. The number of benzene rings is 2. The van der Waals surface area contributed by atoms with E-state index in [0.717, 1.165) is 22.6 Å². The maximum absolute atomic E-state index is 9.84. The van der Waals surface area contributed by atoms with Crippen molar-refractivity contribution in [3.63, 3.8) is 0 Å². The molecule has 0 amide bonds. The molecule has 7 heteroatoms. The van der Waals surface area contributed by atoms with Crippen molar-refractivity contribution in [1.82, 2.24) is 20.2 Å². The Labute approximate surface area is 139 Å². The number of tetrazole rings is 1. The molecule has 0 spiro atoms. The molecule has 1 heterocycles. The molecule has 0 aliphatic carbocycles. The first-order chi connectivity index (χ1) is 11.7. The van der Waals surface area contributed by atoms with E-state index >= 15 is 0 Å². The summed E-state index contributed by atoms with van der Waals surface area (Å²) in [5, 5.41) is 24.9. The molecule has 7 nitrogen and oxygen atoms in total. The highest BCUT2D eigenvalue weighted by atomic mass is 16.5. The molecule has 24 heavy (non-hydrogen) atoms. The maximum Gasteiger partial charge on any atom is 0.182 e. The first kappa shape index (κ1) is 15.8. The minimum absolute atomic E-state index is 0.132. The summed E-state index contributed by atoms with van der Waals surface area (Å²) in [5.41, 5.74) is 2.86. The zero-order chi connectivity index (χ0) is 16.9. The number of nitrogens with one attached hydrogen (secondary N) is 1. The fourth-order valence-corrected chi connectivity index (χ4v) is 2.44. The molecule has 3 aromatic rings. The summed E-state index contributed by atoms with van der Waals surface area (Å²) in [6.45, 7) is 3.29. The van der Waals surface area contributed by atoms with Crippen LogP contribution in [0.1, 0.15) is 12.5 Å². The van der Waals surface area contributed by atoms with E-state index in [1.807, 2.05) is 37.3 Å². The Kier molecular flexibility index (Phi) is 4.60. The van der Waals surface area contributed by atoms with Crippen LogP contribution in [0.15, 0.2) is 42.5 Å². The number of hydrogen-bond donors (Lipinski definition) is 2. The van der Waals surface area contributed by atoms with Crippen molar-refractivity contribution in [2.24, 2.45) is 0 Å². The molecule has 3 rings (SSSR count). The van der Waals surface area contributed by atoms with E-state index in [-0.39, 0.29) is 5.75 Å². The number of methoxy groups -OCH3 is 1. The summed E-state index contributed by atoms with van der Waals surface area (Å²) in [5.74, 6) is 1.34. The molecule has 2 aromatic carbocycles. The van der Waals surface area contributed by atoms with Crippen LogP contribution in [0.25, 0.3) is 11.4 Å². The average molecular weight is 325 g/mol. The lowest BCUT2D eigenvalue weighted by Gasteiger charge is -2.10. The van der Waals surface area contributed by atoms with Crippen LogP contribution < -0.4 is 10.1 Å². The standard InChI is InChI=1S/C17H19N5O2/c1-3-22-17(19-20-21-22)13-5-4-6-14(10-13)18-11-12-7-8-16(24-2)15(23)9-12/h4-10,18,23H,3,11H2,1-2H3. The number of anilines is 1. The fourth-order valence-electron chi connectivity index (χ4n) is 2.44. The van der Waals surface area contributed by atoms with Gasteiger partial charge in [-0.3, -0.25) is 0 Å². The van der Waals surface area contributed by atoms with Gasteiger partial charge in [0.25, 0.3) is 0 Å². The minimum atomic E-state index is 0.132. The summed E-state index contributed by atoms with van der Waals surface area (Å²) in [4.78, 5) is 0. The number of aromatic hydroxyl groups is 1. The van der Waals surface area contributed by atoms with Crippen molar-refractivity contribution >= 4 is 5.69 Å². The van der Waals surface area contributed by atoms with Gasteiger partial charge in [0, 0.05) is 24.3 Å². The molecule has 2 N–H and O–H groups in total. The van der Waals surface area contributed by atoms with Gasteiger partial charge in [-0.2, -0.15) is 0 Å². The molecule has 0 atom stereocenters. The molecule has 0 bridgehead atoms. The van der Waals surface area contributed by atoms with Gasteiger partial charge in [0.2, 0.25) is 0 Å².